The summed E-state index contributed by atoms with van der Waals surface area (Å²) in [7, 11) is 0. The van der Waals surface area contributed by atoms with Gasteiger partial charge in [-0.2, -0.15) is 23.5 Å². The highest BCUT2D eigenvalue weighted by atomic mass is 32.2. The van der Waals surface area contributed by atoms with Gasteiger partial charge in [-0.05, 0) is 99.0 Å². The predicted molar refractivity (Wildman–Crippen MR) is 128 cm³/mol. The monoisotopic (exact) mass is 428 g/mol. The highest BCUT2D eigenvalue weighted by molar-refractivity contribution is 7.99. The molecule has 4 nitrogen and oxygen atoms in total. The first-order chi connectivity index (χ1) is 14.0. The van der Waals surface area contributed by atoms with E-state index in [0.29, 0.717) is 23.2 Å². The summed E-state index contributed by atoms with van der Waals surface area (Å²) >= 11 is 3.83. The van der Waals surface area contributed by atoms with Gasteiger partial charge in [-0.3, -0.25) is 0 Å². The summed E-state index contributed by atoms with van der Waals surface area (Å²) in [4.78, 5) is 23.9. The smallest absolute Gasteiger partial charge is 0.113 e. The van der Waals surface area contributed by atoms with Crippen molar-refractivity contribution in [3.8, 4) is 0 Å². The Kier molecular flexibility index (Phi) is 6.03. The number of nitrogens with zero attached hydrogens (tertiary/aromatic N) is 2. The van der Waals surface area contributed by atoms with Crippen LogP contribution in [0.1, 0.15) is 85.8 Å². The van der Waals surface area contributed by atoms with Crippen LogP contribution in [0.2, 0.25) is 0 Å². The highest BCUT2D eigenvalue weighted by Crippen LogP contribution is 2.53. The highest BCUT2D eigenvalue weighted by Gasteiger charge is 2.31. The minimum atomic E-state index is 0.193. The van der Waals surface area contributed by atoms with Crippen LogP contribution >= 0.6 is 23.5 Å². The second kappa shape index (κ2) is 8.38. The topological polar surface area (TPSA) is 58.9 Å². The molecule has 4 atom stereocenters. The van der Waals surface area contributed by atoms with Crippen LogP contribution in [-0.2, 0) is 0 Å². The predicted octanol–water partition coefficient (Wildman–Crippen LogP) is 8.28. The number of benzene rings is 2. The summed E-state index contributed by atoms with van der Waals surface area (Å²) in [6.45, 7) is 8.84. The van der Waals surface area contributed by atoms with Crippen LogP contribution < -0.4 is 0 Å². The van der Waals surface area contributed by atoms with Crippen molar-refractivity contribution in [2.24, 2.45) is 10.4 Å². The van der Waals surface area contributed by atoms with E-state index in [1.54, 1.807) is 0 Å². The van der Waals surface area contributed by atoms with E-state index in [-0.39, 0.29) is 11.2 Å². The zero-order valence-corrected chi connectivity index (χ0v) is 19.2. The van der Waals surface area contributed by atoms with Gasteiger partial charge in [0.2, 0.25) is 0 Å². The third kappa shape index (κ3) is 3.52. The first-order valence-electron chi connectivity index (χ1n) is 10.5. The molecule has 0 fully saturated rings. The fourth-order valence-electron chi connectivity index (χ4n) is 5.01. The quantitative estimate of drug-likeness (QED) is 0.451. The van der Waals surface area contributed by atoms with E-state index in [0.717, 1.165) is 46.8 Å². The minimum absolute atomic E-state index is 0.193. The van der Waals surface area contributed by atoms with Crippen molar-refractivity contribution in [1.29, 1.82) is 0 Å². The van der Waals surface area contributed by atoms with E-state index in [1.807, 2.05) is 35.7 Å². The van der Waals surface area contributed by atoms with Crippen LogP contribution in [-0.4, -0.2) is 17.3 Å². The van der Waals surface area contributed by atoms with Gasteiger partial charge in [0.1, 0.15) is 11.4 Å². The van der Waals surface area contributed by atoms with Gasteiger partial charge in [0.15, 0.2) is 0 Å². The SMILES string of the molecule is CC1CCCSCC(C)c2c(N=O)cc3c4c(c(N=O)cc1c24)C(C)SCC3C. The molecule has 0 aromatic heterocycles. The van der Waals surface area contributed by atoms with Gasteiger partial charge >= 0.3 is 0 Å². The molecule has 0 aliphatic carbocycles. The summed E-state index contributed by atoms with van der Waals surface area (Å²) in [6, 6.07) is 4.03. The molecule has 4 rings (SSSR count). The van der Waals surface area contributed by atoms with Crippen LogP contribution in [0, 0.1) is 9.81 Å². The molecule has 2 aliphatic rings. The van der Waals surface area contributed by atoms with E-state index < -0.39 is 0 Å². The van der Waals surface area contributed by atoms with Gasteiger partial charge < -0.3 is 0 Å². The Balaban J connectivity index is 2.23. The Hall–Kier alpha value is -1.40. The van der Waals surface area contributed by atoms with Gasteiger partial charge in [-0.1, -0.05) is 20.8 Å². The van der Waals surface area contributed by atoms with Crippen LogP contribution in [0.3, 0.4) is 0 Å². The second-order valence-electron chi connectivity index (χ2n) is 8.63. The van der Waals surface area contributed by atoms with Crippen molar-refractivity contribution in [2.45, 2.75) is 63.5 Å². The molecule has 0 bridgehead atoms. The third-order valence-corrected chi connectivity index (χ3v) is 9.29. The molecule has 29 heavy (non-hydrogen) atoms. The largest absolute Gasteiger partial charge is 0.161 e. The molecular weight excluding hydrogens is 400 g/mol. The van der Waals surface area contributed by atoms with E-state index in [2.05, 4.69) is 38.0 Å². The summed E-state index contributed by atoms with van der Waals surface area (Å²) in [5, 5.41) is 9.54. The summed E-state index contributed by atoms with van der Waals surface area (Å²) in [5.74, 6) is 3.89. The Morgan fingerprint density at radius 1 is 0.828 bits per heavy atom. The second-order valence-corrected chi connectivity index (χ2v) is 11.1. The lowest BCUT2D eigenvalue weighted by Crippen LogP contribution is -2.09. The molecule has 2 aliphatic heterocycles. The first-order valence-corrected chi connectivity index (χ1v) is 12.7. The average molecular weight is 429 g/mol. The van der Waals surface area contributed by atoms with Gasteiger partial charge in [0, 0.05) is 16.6 Å². The molecule has 0 radical (unpaired) electrons. The summed E-state index contributed by atoms with van der Waals surface area (Å²) < 4.78 is 0. The first kappa shape index (κ1) is 20.9. The number of nitroso groups, excluding NO2 is 2. The van der Waals surface area contributed by atoms with Crippen LogP contribution in [0.4, 0.5) is 11.4 Å². The standard InChI is InChI=1S/C23H28N2O2S2/c1-12-6-5-7-28-10-14(3)20-18(24-26)9-17-13(2)11-29-15(4)21-19(25-27)8-16(12)22(20)23(17)21/h8-9,12-15H,5-7,10-11H2,1-4H3. The van der Waals surface area contributed by atoms with Crippen molar-refractivity contribution in [3.05, 3.63) is 44.2 Å². The van der Waals surface area contributed by atoms with Crippen molar-refractivity contribution in [1.82, 2.24) is 0 Å². The molecule has 0 N–H and O–H groups in total. The summed E-state index contributed by atoms with van der Waals surface area (Å²) in [6.07, 6.45) is 2.23. The van der Waals surface area contributed by atoms with Crippen molar-refractivity contribution in [2.75, 3.05) is 17.3 Å². The Morgan fingerprint density at radius 3 is 2.14 bits per heavy atom. The van der Waals surface area contributed by atoms with Crippen molar-refractivity contribution in [3.63, 3.8) is 0 Å². The number of thioether (sulfide) groups is 2. The number of rotatable bonds is 2. The number of hydrogen-bond acceptors (Lipinski definition) is 6. The maximum absolute atomic E-state index is 12.0. The maximum Gasteiger partial charge on any atom is 0.113 e. The lowest BCUT2D eigenvalue weighted by atomic mass is 9.79. The Labute approximate surface area is 180 Å². The molecule has 2 aromatic carbocycles. The fourth-order valence-corrected chi connectivity index (χ4v) is 7.23. The molecule has 0 spiro atoms. The average Bonchev–Trinajstić information content (AvgIpc) is 2.85. The molecule has 2 heterocycles. The maximum atomic E-state index is 12.0. The lowest BCUT2D eigenvalue weighted by Gasteiger charge is -2.27. The number of hydrogen-bond donors (Lipinski definition) is 0. The minimum Gasteiger partial charge on any atom is -0.161 e. The molecule has 154 valence electrons. The third-order valence-electron chi connectivity index (χ3n) is 6.55. The van der Waals surface area contributed by atoms with Crippen molar-refractivity contribution < 1.29 is 0 Å². The molecule has 6 heteroatoms. The van der Waals surface area contributed by atoms with Crippen LogP contribution in [0.5, 0.6) is 0 Å². The molecule has 0 saturated carbocycles. The van der Waals surface area contributed by atoms with Crippen LogP contribution in [0.25, 0.3) is 10.8 Å². The van der Waals surface area contributed by atoms with E-state index >= 15 is 0 Å². The van der Waals surface area contributed by atoms with Gasteiger partial charge in [0.05, 0.1) is 0 Å². The van der Waals surface area contributed by atoms with Gasteiger partial charge in [0.25, 0.3) is 0 Å². The molecule has 0 amide bonds. The van der Waals surface area contributed by atoms with Gasteiger partial charge in [-0.25, -0.2) is 0 Å². The zero-order valence-electron chi connectivity index (χ0n) is 17.5. The normalized spacial score (nSPS) is 27.3. The van der Waals surface area contributed by atoms with E-state index in [4.69, 9.17) is 0 Å². The van der Waals surface area contributed by atoms with Crippen molar-refractivity contribution >= 4 is 45.7 Å². The van der Waals surface area contributed by atoms with Gasteiger partial charge in [-0.15, -0.1) is 9.81 Å². The van der Waals surface area contributed by atoms with Crippen LogP contribution in [0.15, 0.2) is 22.5 Å². The zero-order chi connectivity index (χ0) is 20.7. The Bertz CT molecular complexity index is 975. The molecule has 4 unspecified atom stereocenters. The molecule has 2 aromatic rings. The molecular formula is C23H28N2O2S2. The lowest BCUT2D eigenvalue weighted by molar-refractivity contribution is 0.670. The Morgan fingerprint density at radius 2 is 1.45 bits per heavy atom. The summed E-state index contributed by atoms with van der Waals surface area (Å²) in [5.41, 5.74) is 5.60. The molecule has 0 saturated heterocycles. The fraction of sp³-hybridized carbons (Fsp3) is 0.565. The van der Waals surface area contributed by atoms with E-state index in [9.17, 15) is 9.81 Å². The van der Waals surface area contributed by atoms with E-state index in [1.165, 1.54) is 16.3 Å².